The Hall–Kier alpha value is -4.94. The van der Waals surface area contributed by atoms with Crippen molar-refractivity contribution in [1.82, 2.24) is 20.0 Å². The predicted octanol–water partition coefficient (Wildman–Crippen LogP) is 3.42. The summed E-state index contributed by atoms with van der Waals surface area (Å²) in [5.41, 5.74) is 7.31. The van der Waals surface area contributed by atoms with E-state index < -0.39 is 48.0 Å². The molecular weight excluding hydrogens is 604 g/mol. The molecule has 0 radical (unpaired) electrons. The third-order valence-electron chi connectivity index (χ3n) is 8.59. The SMILES string of the molecule is CC[C@H](C)[C@H](C(=O)N1CCC[C@H]1C(=O)N(C(=O)OCc1ccccc1)[C@H]1CCCN=C(N)NC1=O)N(C)C(=O)OCc1ccccc1. The number of amides is 5. The van der Waals surface area contributed by atoms with Crippen molar-refractivity contribution in [2.24, 2.45) is 16.6 Å². The second-order valence-electron chi connectivity index (χ2n) is 11.8. The van der Waals surface area contributed by atoms with E-state index in [0.29, 0.717) is 31.4 Å². The van der Waals surface area contributed by atoms with Crippen LogP contribution < -0.4 is 11.1 Å². The number of benzene rings is 2. The summed E-state index contributed by atoms with van der Waals surface area (Å²) in [4.78, 5) is 76.3. The number of hydrogen-bond acceptors (Lipinski definition) is 9. The van der Waals surface area contributed by atoms with E-state index in [0.717, 1.165) is 10.5 Å². The molecule has 2 aliphatic heterocycles. The highest BCUT2D eigenvalue weighted by Gasteiger charge is 2.46. The van der Waals surface area contributed by atoms with Crippen LogP contribution in [0.5, 0.6) is 0 Å². The van der Waals surface area contributed by atoms with Gasteiger partial charge in [-0.25, -0.2) is 14.5 Å². The number of carbonyl (C=O) groups excluding carboxylic acids is 5. The molecule has 4 rings (SSSR count). The number of guanidine groups is 1. The van der Waals surface area contributed by atoms with E-state index in [4.69, 9.17) is 15.2 Å². The van der Waals surface area contributed by atoms with Gasteiger partial charge in [0.05, 0.1) is 0 Å². The zero-order chi connectivity index (χ0) is 33.9. The van der Waals surface area contributed by atoms with Gasteiger partial charge < -0.3 is 20.1 Å². The van der Waals surface area contributed by atoms with Gasteiger partial charge in [0.1, 0.15) is 31.3 Å². The van der Waals surface area contributed by atoms with Crippen LogP contribution in [0.25, 0.3) is 0 Å². The molecule has 1 saturated heterocycles. The second-order valence-corrected chi connectivity index (χ2v) is 11.8. The number of likely N-dealkylation sites (N-methyl/N-ethyl adjacent to an activating group) is 1. The Balaban J connectivity index is 1.57. The van der Waals surface area contributed by atoms with Crippen molar-refractivity contribution in [1.29, 1.82) is 0 Å². The largest absolute Gasteiger partial charge is 0.445 e. The summed E-state index contributed by atoms with van der Waals surface area (Å²) in [6.45, 7) is 4.21. The third-order valence-corrected chi connectivity index (χ3v) is 8.59. The highest BCUT2D eigenvalue weighted by Crippen LogP contribution is 2.27. The molecule has 4 atom stereocenters. The monoisotopic (exact) mass is 648 g/mol. The molecule has 5 amide bonds. The van der Waals surface area contributed by atoms with Crippen LogP contribution in [0, 0.1) is 5.92 Å². The summed E-state index contributed by atoms with van der Waals surface area (Å²) in [7, 11) is 1.51. The van der Waals surface area contributed by atoms with Crippen LogP contribution >= 0.6 is 0 Å². The van der Waals surface area contributed by atoms with E-state index in [-0.39, 0.29) is 44.5 Å². The lowest BCUT2D eigenvalue weighted by Gasteiger charge is -2.37. The highest BCUT2D eigenvalue weighted by molar-refractivity contribution is 6.05. The molecule has 252 valence electrons. The topological polar surface area (TPSA) is 164 Å². The van der Waals surface area contributed by atoms with Gasteiger partial charge >= 0.3 is 12.2 Å². The zero-order valence-electron chi connectivity index (χ0n) is 27.2. The van der Waals surface area contributed by atoms with Crippen molar-refractivity contribution in [2.45, 2.75) is 77.3 Å². The fraction of sp³-hybridized carbons (Fsp3) is 0.471. The average molecular weight is 649 g/mol. The summed E-state index contributed by atoms with van der Waals surface area (Å²) >= 11 is 0. The second kappa shape index (κ2) is 16.6. The molecule has 47 heavy (non-hydrogen) atoms. The van der Waals surface area contributed by atoms with Gasteiger partial charge in [-0.05, 0) is 42.7 Å². The lowest BCUT2D eigenvalue weighted by Crippen LogP contribution is -2.60. The van der Waals surface area contributed by atoms with Gasteiger partial charge in [0, 0.05) is 20.1 Å². The van der Waals surface area contributed by atoms with Crippen molar-refractivity contribution in [3.8, 4) is 0 Å². The molecule has 0 aromatic heterocycles. The number of ether oxygens (including phenoxy) is 2. The molecule has 2 heterocycles. The van der Waals surface area contributed by atoms with Crippen LogP contribution in [-0.4, -0.2) is 88.8 Å². The quantitative estimate of drug-likeness (QED) is 0.396. The molecule has 0 aliphatic carbocycles. The minimum absolute atomic E-state index is 0.0367. The fourth-order valence-corrected chi connectivity index (χ4v) is 5.84. The molecule has 2 aromatic rings. The predicted molar refractivity (Wildman–Crippen MR) is 173 cm³/mol. The maximum absolute atomic E-state index is 14.3. The normalized spacial score (nSPS) is 19.3. The molecule has 0 unspecified atom stereocenters. The van der Waals surface area contributed by atoms with Crippen LogP contribution in [0.15, 0.2) is 65.7 Å². The van der Waals surface area contributed by atoms with E-state index in [1.54, 1.807) is 24.3 Å². The molecule has 13 nitrogen and oxygen atoms in total. The van der Waals surface area contributed by atoms with E-state index in [2.05, 4.69) is 10.3 Å². The summed E-state index contributed by atoms with van der Waals surface area (Å²) in [6.07, 6.45) is 0.152. The molecule has 2 aliphatic rings. The molecule has 3 N–H and O–H groups in total. The Labute approximate surface area is 275 Å². The molecule has 2 aromatic carbocycles. The van der Waals surface area contributed by atoms with Gasteiger partial charge in [-0.3, -0.25) is 29.6 Å². The van der Waals surface area contributed by atoms with Gasteiger partial charge in [0.15, 0.2) is 5.96 Å². The Morgan fingerprint density at radius 3 is 2.15 bits per heavy atom. The molecule has 1 fully saturated rings. The number of carbonyl (C=O) groups is 5. The van der Waals surface area contributed by atoms with Gasteiger partial charge in [0.25, 0.3) is 5.91 Å². The van der Waals surface area contributed by atoms with Crippen molar-refractivity contribution in [3.05, 3.63) is 71.8 Å². The van der Waals surface area contributed by atoms with E-state index in [9.17, 15) is 24.0 Å². The highest BCUT2D eigenvalue weighted by atomic mass is 16.6. The minimum atomic E-state index is -1.24. The smallest absolute Gasteiger partial charge is 0.417 e. The average Bonchev–Trinajstić information content (AvgIpc) is 3.57. The van der Waals surface area contributed by atoms with Crippen LogP contribution in [0.4, 0.5) is 9.59 Å². The first-order valence-electron chi connectivity index (χ1n) is 16.0. The van der Waals surface area contributed by atoms with Crippen LogP contribution in [-0.2, 0) is 37.1 Å². The number of hydrogen-bond donors (Lipinski definition) is 2. The standard InChI is InChI=1S/C34H44N6O7/c1-4-23(2)28(38(3)33(44)46-21-24-13-7-5-8-14-24)31(43)39-20-12-18-27(39)30(42)40(26-17-11-19-36-32(35)37-29(26)41)34(45)47-22-25-15-9-6-10-16-25/h5-10,13-16,23,26-28H,4,11-12,17-22H2,1-3H3,(H3,35,36,37,41)/t23-,26-,27-,28+/m0/s1. The summed E-state index contributed by atoms with van der Waals surface area (Å²) in [6, 6.07) is 14.9. The van der Waals surface area contributed by atoms with E-state index in [1.807, 2.05) is 50.2 Å². The van der Waals surface area contributed by atoms with Gasteiger partial charge in [0.2, 0.25) is 11.8 Å². The maximum atomic E-state index is 14.3. The van der Waals surface area contributed by atoms with E-state index in [1.165, 1.54) is 16.8 Å². The molecule has 13 heteroatoms. The molecule has 0 saturated carbocycles. The minimum Gasteiger partial charge on any atom is -0.445 e. The third kappa shape index (κ3) is 8.87. The molecule has 0 spiro atoms. The number of nitrogens with two attached hydrogens (primary N) is 1. The van der Waals surface area contributed by atoms with Crippen molar-refractivity contribution in [3.63, 3.8) is 0 Å². The Kier molecular flexibility index (Phi) is 12.3. The number of aliphatic imine (C=N–C) groups is 1. The Bertz CT molecular complexity index is 1440. The first kappa shape index (κ1) is 34.9. The first-order chi connectivity index (χ1) is 22.6. The molecular formula is C34H44N6O7. The number of nitrogens with one attached hydrogen (secondary N) is 1. The number of rotatable bonds is 10. The maximum Gasteiger partial charge on any atom is 0.417 e. The first-order valence-corrected chi connectivity index (χ1v) is 16.0. The number of likely N-dealkylation sites (tertiary alicyclic amines) is 1. The lowest BCUT2D eigenvalue weighted by atomic mass is 9.96. The van der Waals surface area contributed by atoms with Crippen molar-refractivity contribution < 1.29 is 33.4 Å². The van der Waals surface area contributed by atoms with Gasteiger partial charge in [-0.1, -0.05) is 80.9 Å². The number of nitrogens with zero attached hydrogens (tertiary/aromatic N) is 4. The van der Waals surface area contributed by atoms with Crippen LogP contribution in [0.1, 0.15) is 57.1 Å². The Morgan fingerprint density at radius 2 is 1.55 bits per heavy atom. The number of imide groups is 1. The Morgan fingerprint density at radius 1 is 0.957 bits per heavy atom. The van der Waals surface area contributed by atoms with Gasteiger partial charge in [-0.2, -0.15) is 0 Å². The van der Waals surface area contributed by atoms with Crippen LogP contribution in [0.3, 0.4) is 0 Å². The summed E-state index contributed by atoms with van der Waals surface area (Å²) in [5.74, 6) is -2.24. The van der Waals surface area contributed by atoms with Crippen molar-refractivity contribution >= 4 is 35.9 Å². The zero-order valence-corrected chi connectivity index (χ0v) is 27.2. The van der Waals surface area contributed by atoms with Gasteiger partial charge in [-0.15, -0.1) is 0 Å². The van der Waals surface area contributed by atoms with Crippen LogP contribution in [0.2, 0.25) is 0 Å². The fourth-order valence-electron chi connectivity index (χ4n) is 5.84. The van der Waals surface area contributed by atoms with E-state index >= 15 is 0 Å². The van der Waals surface area contributed by atoms with Crippen molar-refractivity contribution in [2.75, 3.05) is 20.1 Å². The summed E-state index contributed by atoms with van der Waals surface area (Å²) in [5, 5.41) is 2.46. The summed E-state index contributed by atoms with van der Waals surface area (Å²) < 4.78 is 11.1. The molecule has 0 bridgehead atoms. The lowest BCUT2D eigenvalue weighted by molar-refractivity contribution is -0.149.